The number of benzene rings is 2. The van der Waals surface area contributed by atoms with Gasteiger partial charge in [-0.25, -0.2) is 16.8 Å². The SMILES string of the molecule is Cc1cc(-c2ccc(-c3cccc(S(C)(=O)=O)c3)s2)n(CC(=O)OCCN(C)C)n1.Cc1nn(CC(=O)OCCN(C)C)c(-c2ccc(-c3cccc(S(C)(=O)=O)c3)s2)c1Br.[B]=NS. The fraction of sp³-hybridized carbons (Fsp3) is 0.333. The molecule has 0 saturated carbocycles. The van der Waals surface area contributed by atoms with Crippen molar-refractivity contribution in [3.8, 4) is 42.0 Å². The minimum atomic E-state index is -3.29. The summed E-state index contributed by atoms with van der Waals surface area (Å²) in [5.41, 5.74) is 4.84. The molecule has 6 aromatic rings. The second-order valence-corrected chi connectivity index (χ2v) is 22.0. The van der Waals surface area contributed by atoms with E-state index in [1.165, 1.54) is 35.2 Å². The third-order valence-electron chi connectivity index (χ3n) is 8.91. The molecule has 6 rings (SSSR count). The second kappa shape index (κ2) is 23.8. The van der Waals surface area contributed by atoms with E-state index in [2.05, 4.69) is 50.9 Å². The molecule has 0 unspecified atom stereocenters. The average molecular weight is 1030 g/mol. The van der Waals surface area contributed by atoms with Crippen molar-refractivity contribution >= 4 is 90.7 Å². The summed E-state index contributed by atoms with van der Waals surface area (Å²) in [4.78, 5) is 32.6. The number of thiophene rings is 2. The van der Waals surface area contributed by atoms with Gasteiger partial charge in [0, 0.05) is 35.4 Å². The van der Waals surface area contributed by atoms with Crippen molar-refractivity contribution in [2.75, 3.05) is 67.0 Å². The Balaban J connectivity index is 0.000000265. The molecule has 4 aromatic heterocycles. The Morgan fingerprint density at radius 3 is 1.62 bits per heavy atom. The number of aryl methyl sites for hydroxylation is 2. The summed E-state index contributed by atoms with van der Waals surface area (Å²) >= 11 is 9.80. The van der Waals surface area contributed by atoms with Crippen LogP contribution in [0.2, 0.25) is 0 Å². The molecular weight excluding hydrogens is 982 g/mol. The van der Waals surface area contributed by atoms with Crippen LogP contribution < -0.4 is 0 Å². The van der Waals surface area contributed by atoms with Gasteiger partial charge >= 0.3 is 36.7 Å². The summed E-state index contributed by atoms with van der Waals surface area (Å²) in [6.45, 7) is 5.76. The number of nitrogens with zero attached hydrogens (tertiary/aromatic N) is 7. The Morgan fingerprint density at radius 2 is 1.16 bits per heavy atom. The zero-order chi connectivity index (χ0) is 47.4. The van der Waals surface area contributed by atoms with Crippen LogP contribution >= 0.6 is 51.4 Å². The van der Waals surface area contributed by atoms with E-state index in [1.807, 2.05) is 94.3 Å². The Hall–Kier alpha value is -4.29. The average Bonchev–Trinajstić information content (AvgIpc) is 4.02. The van der Waals surface area contributed by atoms with Crippen molar-refractivity contribution in [2.45, 2.75) is 36.7 Å². The maximum atomic E-state index is 12.3. The van der Waals surface area contributed by atoms with Gasteiger partial charge < -0.3 is 19.3 Å². The molecule has 0 aliphatic heterocycles. The van der Waals surface area contributed by atoms with E-state index in [4.69, 9.17) is 9.47 Å². The van der Waals surface area contributed by atoms with E-state index in [0.717, 1.165) is 57.9 Å². The molecule has 0 aliphatic carbocycles. The molecule has 0 amide bonds. The third-order valence-corrected chi connectivity index (χ3v) is 14.4. The van der Waals surface area contributed by atoms with Crippen molar-refractivity contribution < 1.29 is 35.9 Å². The van der Waals surface area contributed by atoms with Crippen LogP contribution in [-0.4, -0.2) is 133 Å². The Kier molecular flexibility index (Phi) is 19.4. The van der Waals surface area contributed by atoms with Crippen molar-refractivity contribution in [3.05, 3.63) is 94.7 Å². The summed E-state index contributed by atoms with van der Waals surface area (Å²) < 4.78 is 64.9. The third kappa shape index (κ3) is 15.4. The van der Waals surface area contributed by atoms with Crippen LogP contribution in [0.4, 0.5) is 0 Å². The number of carbonyl (C=O) groups is 2. The zero-order valence-electron chi connectivity index (χ0n) is 36.7. The van der Waals surface area contributed by atoms with Crippen molar-refractivity contribution in [1.29, 1.82) is 0 Å². The standard InChI is InChI=1S/C21H24BrN3O4S2.C21H25N3O4S2.BHNS/c1-14-20(22)21(25(23-14)13-19(26)29-11-10-24(2)3)18-9-8-17(30-18)15-6-5-7-16(12-15)31(4,27)28;1-15-12-18(24(22-15)14-21(25)28-11-10-23(2)3)20-9-8-19(29-20)16-6-5-7-17(13-16)30(4,26)27;1-2-3/h5-9,12H,10-11,13H2,1-4H3;5-9,12-13H,10-11,14H2,1-4H3;3H. The van der Waals surface area contributed by atoms with Gasteiger partial charge in [-0.2, -0.15) is 10.2 Å². The summed E-state index contributed by atoms with van der Waals surface area (Å²) in [6.07, 6.45) is 2.40. The van der Waals surface area contributed by atoms with E-state index < -0.39 is 19.7 Å². The van der Waals surface area contributed by atoms with Gasteiger partial charge in [-0.1, -0.05) is 24.3 Å². The maximum absolute atomic E-state index is 12.3. The quantitative estimate of drug-likeness (QED) is 0.0591. The van der Waals surface area contributed by atoms with E-state index in [0.29, 0.717) is 26.3 Å². The van der Waals surface area contributed by atoms with E-state index >= 15 is 0 Å². The molecule has 0 spiro atoms. The zero-order valence-corrected chi connectivity index (χ0v) is 42.4. The molecule has 1 radical (unpaired) electrons. The molecule has 15 nitrogen and oxygen atoms in total. The molecule has 0 atom stereocenters. The first-order valence-corrected chi connectivity index (χ1v) is 26.0. The first kappa shape index (κ1) is 52.3. The number of carbonyl (C=O) groups excluding carboxylic acids is 2. The minimum absolute atomic E-state index is 0.00595. The topological polar surface area (TPSA) is 175 Å². The summed E-state index contributed by atoms with van der Waals surface area (Å²) in [7, 11) is 5.45. The predicted molar refractivity (Wildman–Crippen MR) is 262 cm³/mol. The number of esters is 2. The monoisotopic (exact) mass is 1030 g/mol. The van der Waals surface area contributed by atoms with Crippen LogP contribution in [-0.2, 0) is 51.8 Å². The summed E-state index contributed by atoms with van der Waals surface area (Å²) in [6, 6.07) is 23.5. The number of thiol groups is 1. The fourth-order valence-corrected chi connectivity index (χ4v) is 9.85. The molecule has 2 aromatic carbocycles. The van der Waals surface area contributed by atoms with Crippen LogP contribution in [0.1, 0.15) is 11.4 Å². The van der Waals surface area contributed by atoms with Crippen LogP contribution in [0.25, 0.3) is 42.0 Å². The number of sulfone groups is 2. The van der Waals surface area contributed by atoms with E-state index in [9.17, 15) is 26.4 Å². The van der Waals surface area contributed by atoms with Gasteiger partial charge in [0.15, 0.2) is 19.7 Å². The van der Waals surface area contributed by atoms with Crippen LogP contribution in [0, 0.1) is 13.8 Å². The van der Waals surface area contributed by atoms with Gasteiger partial charge in [-0.15, -0.1) is 22.7 Å². The van der Waals surface area contributed by atoms with Gasteiger partial charge in [-0.3, -0.25) is 19.0 Å². The van der Waals surface area contributed by atoms with Gasteiger partial charge in [-0.05, 0) is 124 Å². The first-order chi connectivity index (χ1) is 30.1. The van der Waals surface area contributed by atoms with Crippen LogP contribution in [0.3, 0.4) is 0 Å². The molecule has 4 heterocycles. The molecule has 0 bridgehead atoms. The fourth-order valence-electron chi connectivity index (χ4n) is 5.80. The first-order valence-electron chi connectivity index (χ1n) is 19.3. The number of likely N-dealkylation sites (N-methyl/N-ethyl adjacent to an activating group) is 2. The molecule has 0 saturated heterocycles. The Labute approximate surface area is 398 Å². The molecule has 0 fully saturated rings. The molecule has 0 aliphatic rings. The number of aromatic nitrogens is 4. The van der Waals surface area contributed by atoms with Gasteiger partial charge in [0.2, 0.25) is 0 Å². The van der Waals surface area contributed by atoms with Crippen molar-refractivity contribution in [1.82, 2.24) is 29.4 Å². The number of hydrogen-bond acceptors (Lipinski definition) is 16. The van der Waals surface area contributed by atoms with Gasteiger partial charge in [0.25, 0.3) is 0 Å². The molecule has 22 heteroatoms. The Morgan fingerprint density at radius 1 is 0.719 bits per heavy atom. The van der Waals surface area contributed by atoms with Gasteiger partial charge in [0.1, 0.15) is 26.3 Å². The normalized spacial score (nSPS) is 11.4. The predicted octanol–water partition coefficient (Wildman–Crippen LogP) is 7.14. The van der Waals surface area contributed by atoms with Crippen molar-refractivity contribution in [3.63, 3.8) is 0 Å². The van der Waals surface area contributed by atoms with Crippen LogP contribution in [0.15, 0.2) is 97.4 Å². The molecule has 0 N–H and O–H groups in total. The van der Waals surface area contributed by atoms with E-state index in [1.54, 1.807) is 45.8 Å². The van der Waals surface area contributed by atoms with Gasteiger partial charge in [0.05, 0.1) is 46.8 Å². The van der Waals surface area contributed by atoms with Crippen LogP contribution in [0.5, 0.6) is 0 Å². The Bertz CT molecular complexity index is 2780. The summed E-state index contributed by atoms with van der Waals surface area (Å²) in [5, 5.41) is 8.92. The molecule has 341 valence electrons. The number of hydrogen-bond donors (Lipinski definition) is 1. The number of rotatable bonds is 16. The molecular formula is C42H50BBrN7O8S5. The van der Waals surface area contributed by atoms with E-state index in [-0.39, 0.29) is 34.8 Å². The number of ether oxygens (including phenoxy) is 2. The number of halogens is 1. The summed E-state index contributed by atoms with van der Waals surface area (Å²) in [5.74, 6) is -0.686. The second-order valence-electron chi connectivity index (χ2n) is 14.8. The van der Waals surface area contributed by atoms with Crippen molar-refractivity contribution in [2.24, 2.45) is 4.30 Å². The molecule has 64 heavy (non-hydrogen) atoms.